The largest absolute Gasteiger partial charge is 0.495 e. The summed E-state index contributed by atoms with van der Waals surface area (Å²) in [5, 5.41) is 13.7. The van der Waals surface area contributed by atoms with E-state index in [-0.39, 0.29) is 28.1 Å². The normalized spacial score (nSPS) is 18.5. The number of nitro benzene ring substituents is 1. The van der Waals surface area contributed by atoms with Crippen molar-refractivity contribution in [2.75, 3.05) is 18.7 Å². The zero-order valence-electron chi connectivity index (χ0n) is 14.9. The van der Waals surface area contributed by atoms with Crippen LogP contribution in [0.5, 0.6) is 5.75 Å². The second-order valence-electron chi connectivity index (χ2n) is 6.74. The lowest BCUT2D eigenvalue weighted by Gasteiger charge is -2.27. The Morgan fingerprint density at radius 2 is 2.08 bits per heavy atom. The standard InChI is InChI=1S/C15H21N3O6S2/c1-15(2,3)16-14(19)11-8-25-9-17(11)26(22,23)13-6-5-10(18(20)21)7-12(13)24-4/h5-7,11H,8-9H2,1-4H3,(H,16,19). The van der Waals surface area contributed by atoms with Crippen LogP contribution in [0.2, 0.25) is 0 Å². The number of amides is 1. The zero-order valence-corrected chi connectivity index (χ0v) is 16.5. The Balaban J connectivity index is 2.40. The fraction of sp³-hybridized carbons (Fsp3) is 0.533. The molecule has 1 atom stereocenters. The number of carbonyl (C=O) groups excluding carboxylic acids is 1. The van der Waals surface area contributed by atoms with Crippen LogP contribution in [0.4, 0.5) is 5.69 Å². The molecule has 144 valence electrons. The number of methoxy groups -OCH3 is 1. The average Bonchev–Trinajstić information content (AvgIpc) is 3.03. The summed E-state index contributed by atoms with van der Waals surface area (Å²) in [5.41, 5.74) is -0.774. The topological polar surface area (TPSA) is 119 Å². The Bertz CT molecular complexity index is 819. The summed E-state index contributed by atoms with van der Waals surface area (Å²) in [6, 6.07) is 2.43. The van der Waals surface area contributed by atoms with Crippen LogP contribution in [0.15, 0.2) is 23.1 Å². The molecule has 1 heterocycles. The molecular formula is C15H21N3O6S2. The van der Waals surface area contributed by atoms with Gasteiger partial charge in [-0.1, -0.05) is 0 Å². The van der Waals surface area contributed by atoms with Crippen molar-refractivity contribution in [2.24, 2.45) is 0 Å². The van der Waals surface area contributed by atoms with E-state index in [1.54, 1.807) is 0 Å². The van der Waals surface area contributed by atoms with Crippen LogP contribution in [-0.4, -0.2) is 53.9 Å². The second-order valence-corrected chi connectivity index (χ2v) is 9.60. The summed E-state index contributed by atoms with van der Waals surface area (Å²) < 4.78 is 32.3. The van der Waals surface area contributed by atoms with Gasteiger partial charge in [0.2, 0.25) is 15.9 Å². The minimum Gasteiger partial charge on any atom is -0.495 e. The third kappa shape index (κ3) is 4.27. The van der Waals surface area contributed by atoms with Crippen molar-refractivity contribution in [3.8, 4) is 5.75 Å². The van der Waals surface area contributed by atoms with Gasteiger partial charge in [-0.2, -0.15) is 4.31 Å². The summed E-state index contributed by atoms with van der Waals surface area (Å²) in [5.74, 6) is -0.0701. The Labute approximate surface area is 156 Å². The van der Waals surface area contributed by atoms with E-state index >= 15 is 0 Å². The lowest BCUT2D eigenvalue weighted by atomic mass is 10.1. The molecular weight excluding hydrogens is 382 g/mol. The third-order valence-electron chi connectivity index (χ3n) is 3.59. The first-order valence-electron chi connectivity index (χ1n) is 7.71. The molecule has 11 heteroatoms. The van der Waals surface area contributed by atoms with Gasteiger partial charge >= 0.3 is 0 Å². The molecule has 1 unspecified atom stereocenters. The molecule has 26 heavy (non-hydrogen) atoms. The SMILES string of the molecule is COc1cc([N+](=O)[O-])ccc1S(=O)(=O)N1CSCC1C(=O)NC(C)(C)C. The van der Waals surface area contributed by atoms with Gasteiger partial charge in [-0.05, 0) is 26.8 Å². The van der Waals surface area contributed by atoms with Gasteiger partial charge in [-0.15, -0.1) is 11.8 Å². The summed E-state index contributed by atoms with van der Waals surface area (Å²) in [6.45, 7) is 5.43. The first-order chi connectivity index (χ1) is 12.0. The van der Waals surface area contributed by atoms with Crippen LogP contribution in [0.1, 0.15) is 20.8 Å². The van der Waals surface area contributed by atoms with E-state index in [4.69, 9.17) is 4.74 Å². The quantitative estimate of drug-likeness (QED) is 0.585. The molecule has 1 aromatic carbocycles. The maximum absolute atomic E-state index is 13.1. The van der Waals surface area contributed by atoms with Crippen LogP contribution in [0, 0.1) is 10.1 Å². The van der Waals surface area contributed by atoms with E-state index in [0.717, 1.165) is 22.5 Å². The predicted octanol–water partition coefficient (Wildman–Crippen LogP) is 1.58. The van der Waals surface area contributed by atoms with Crippen LogP contribution < -0.4 is 10.1 Å². The monoisotopic (exact) mass is 403 g/mol. The zero-order chi connectivity index (χ0) is 19.7. The number of sulfonamides is 1. The first-order valence-corrected chi connectivity index (χ1v) is 10.3. The van der Waals surface area contributed by atoms with Gasteiger partial charge in [0.25, 0.3) is 5.69 Å². The molecule has 0 spiro atoms. The van der Waals surface area contributed by atoms with Crippen LogP contribution in [-0.2, 0) is 14.8 Å². The smallest absolute Gasteiger partial charge is 0.273 e. The highest BCUT2D eigenvalue weighted by Crippen LogP contribution is 2.34. The van der Waals surface area contributed by atoms with Gasteiger partial charge < -0.3 is 10.1 Å². The molecule has 2 rings (SSSR count). The van der Waals surface area contributed by atoms with Crippen molar-refractivity contribution >= 4 is 33.4 Å². The van der Waals surface area contributed by atoms with E-state index < -0.39 is 26.5 Å². The summed E-state index contributed by atoms with van der Waals surface area (Å²) in [6.07, 6.45) is 0. The van der Waals surface area contributed by atoms with Crippen molar-refractivity contribution in [3.63, 3.8) is 0 Å². The minimum absolute atomic E-state index is 0.116. The fourth-order valence-corrected chi connectivity index (χ4v) is 5.72. The number of thioether (sulfide) groups is 1. The van der Waals surface area contributed by atoms with Crippen molar-refractivity contribution in [2.45, 2.75) is 37.2 Å². The molecule has 0 aromatic heterocycles. The molecule has 1 aliphatic heterocycles. The van der Waals surface area contributed by atoms with Gasteiger partial charge in [0.1, 0.15) is 16.7 Å². The highest BCUT2D eigenvalue weighted by atomic mass is 32.2. The average molecular weight is 403 g/mol. The van der Waals surface area contributed by atoms with E-state index in [0.29, 0.717) is 5.75 Å². The van der Waals surface area contributed by atoms with Crippen molar-refractivity contribution in [1.82, 2.24) is 9.62 Å². The summed E-state index contributed by atoms with van der Waals surface area (Å²) >= 11 is 1.32. The van der Waals surface area contributed by atoms with E-state index in [9.17, 15) is 23.3 Å². The van der Waals surface area contributed by atoms with Crippen LogP contribution >= 0.6 is 11.8 Å². The Morgan fingerprint density at radius 3 is 2.62 bits per heavy atom. The third-order valence-corrected chi connectivity index (χ3v) is 6.66. The summed E-state index contributed by atoms with van der Waals surface area (Å²) in [4.78, 5) is 22.5. The number of hydrogen-bond acceptors (Lipinski definition) is 7. The van der Waals surface area contributed by atoms with Crippen molar-refractivity contribution in [1.29, 1.82) is 0 Å². The number of non-ortho nitro benzene ring substituents is 1. The maximum Gasteiger partial charge on any atom is 0.273 e. The molecule has 1 N–H and O–H groups in total. The maximum atomic E-state index is 13.1. The molecule has 1 amide bonds. The molecule has 0 saturated carbocycles. The number of nitrogens with one attached hydrogen (secondary N) is 1. The Kier molecular flexibility index (Phi) is 5.83. The van der Waals surface area contributed by atoms with Crippen LogP contribution in [0.3, 0.4) is 0 Å². The highest BCUT2D eigenvalue weighted by Gasteiger charge is 2.42. The van der Waals surface area contributed by atoms with E-state index in [2.05, 4.69) is 5.32 Å². The van der Waals surface area contributed by atoms with Gasteiger partial charge in [0.15, 0.2) is 0 Å². The summed E-state index contributed by atoms with van der Waals surface area (Å²) in [7, 11) is -2.83. The van der Waals surface area contributed by atoms with Gasteiger partial charge in [-0.25, -0.2) is 8.42 Å². The van der Waals surface area contributed by atoms with Gasteiger partial charge in [0.05, 0.1) is 24.0 Å². The highest BCUT2D eigenvalue weighted by molar-refractivity contribution is 8.00. The fourth-order valence-electron chi connectivity index (χ4n) is 2.43. The Hall–Kier alpha value is -1.85. The van der Waals surface area contributed by atoms with E-state index in [1.807, 2.05) is 20.8 Å². The number of benzene rings is 1. The number of nitro groups is 1. The molecule has 0 aliphatic carbocycles. The Morgan fingerprint density at radius 1 is 1.42 bits per heavy atom. The molecule has 1 fully saturated rings. The molecule has 1 aliphatic rings. The minimum atomic E-state index is -4.07. The molecule has 1 saturated heterocycles. The number of ether oxygens (including phenoxy) is 1. The lowest BCUT2D eigenvalue weighted by Crippen LogP contribution is -2.52. The van der Waals surface area contributed by atoms with Crippen molar-refractivity contribution in [3.05, 3.63) is 28.3 Å². The lowest BCUT2D eigenvalue weighted by molar-refractivity contribution is -0.385. The number of hydrogen-bond donors (Lipinski definition) is 1. The van der Waals surface area contributed by atoms with E-state index in [1.165, 1.54) is 18.9 Å². The predicted molar refractivity (Wildman–Crippen MR) is 97.7 cm³/mol. The number of rotatable bonds is 5. The van der Waals surface area contributed by atoms with Crippen molar-refractivity contribution < 1.29 is 22.9 Å². The molecule has 0 bridgehead atoms. The first kappa shape index (κ1) is 20.5. The second kappa shape index (κ2) is 7.41. The molecule has 1 aromatic rings. The number of nitrogens with zero attached hydrogens (tertiary/aromatic N) is 2. The molecule has 0 radical (unpaired) electrons. The van der Waals surface area contributed by atoms with Crippen LogP contribution in [0.25, 0.3) is 0 Å². The molecule has 9 nitrogen and oxygen atoms in total. The number of carbonyl (C=O) groups is 1. The van der Waals surface area contributed by atoms with Gasteiger partial charge in [0, 0.05) is 17.4 Å². The van der Waals surface area contributed by atoms with Gasteiger partial charge in [-0.3, -0.25) is 14.9 Å².